The van der Waals surface area contributed by atoms with Crippen LogP contribution in [0.1, 0.15) is 20.7 Å². The number of benzene rings is 2. The molecule has 0 aliphatic rings. The van der Waals surface area contributed by atoms with Gasteiger partial charge < -0.3 is 4.74 Å². The number of esters is 1. The Labute approximate surface area is 166 Å². The predicted molar refractivity (Wildman–Crippen MR) is 102 cm³/mol. The Kier molecular flexibility index (Phi) is 6.99. The molecular formula is C18H13Cl2NO5S. The molecule has 0 saturated carbocycles. The molecule has 1 N–H and O–H groups in total. The number of nitrogens with one attached hydrogen (secondary N) is 1. The van der Waals surface area contributed by atoms with Crippen molar-refractivity contribution in [2.75, 3.05) is 13.2 Å². The first-order chi connectivity index (χ1) is 12.7. The van der Waals surface area contributed by atoms with Crippen molar-refractivity contribution in [3.8, 4) is 12.3 Å². The number of hydrogen-bond donors (Lipinski definition) is 1. The number of carbonyl (C=O) groups excluding carboxylic acids is 2. The summed E-state index contributed by atoms with van der Waals surface area (Å²) < 4.78 is 31.0. The minimum Gasteiger partial charge on any atom is -0.454 e. The van der Waals surface area contributed by atoms with Gasteiger partial charge in [0, 0.05) is 10.6 Å². The molecule has 9 heteroatoms. The van der Waals surface area contributed by atoms with E-state index >= 15 is 0 Å². The standard InChI is InChI=1S/C18H13Cl2NO5S/c1-2-9-21-27(24,25)14-6-3-12(4-7-14)18(23)26-11-17(22)15-8-5-13(19)10-16(15)20/h1,3-8,10,21H,9,11H2. The molecule has 2 aromatic carbocycles. The van der Waals surface area contributed by atoms with Gasteiger partial charge in [0.25, 0.3) is 0 Å². The molecule has 0 amide bonds. The number of carbonyl (C=O) groups is 2. The van der Waals surface area contributed by atoms with E-state index in [1.165, 1.54) is 42.5 Å². The zero-order valence-corrected chi connectivity index (χ0v) is 16.1. The van der Waals surface area contributed by atoms with Crippen molar-refractivity contribution < 1.29 is 22.7 Å². The van der Waals surface area contributed by atoms with Crippen LogP contribution in [0.5, 0.6) is 0 Å². The van der Waals surface area contributed by atoms with E-state index in [1.807, 2.05) is 0 Å². The van der Waals surface area contributed by atoms with Crippen LogP contribution in [-0.4, -0.2) is 33.3 Å². The molecule has 27 heavy (non-hydrogen) atoms. The summed E-state index contributed by atoms with van der Waals surface area (Å²) in [6.45, 7) is -0.675. The lowest BCUT2D eigenvalue weighted by atomic mass is 10.1. The number of sulfonamides is 1. The third kappa shape index (κ3) is 5.55. The van der Waals surface area contributed by atoms with Crippen LogP contribution < -0.4 is 4.72 Å². The summed E-state index contributed by atoms with van der Waals surface area (Å²) in [7, 11) is -3.76. The maximum absolute atomic E-state index is 12.1. The highest BCUT2D eigenvalue weighted by Crippen LogP contribution is 2.21. The van der Waals surface area contributed by atoms with Crippen molar-refractivity contribution in [2.24, 2.45) is 0 Å². The van der Waals surface area contributed by atoms with Gasteiger partial charge in [0.15, 0.2) is 6.61 Å². The van der Waals surface area contributed by atoms with Crippen molar-refractivity contribution >= 4 is 45.0 Å². The van der Waals surface area contributed by atoms with Gasteiger partial charge >= 0.3 is 5.97 Å². The fourth-order valence-corrected chi connectivity index (χ4v) is 3.45. The van der Waals surface area contributed by atoms with E-state index in [1.54, 1.807) is 0 Å². The number of terminal acetylenes is 1. The maximum atomic E-state index is 12.1. The number of rotatable bonds is 7. The van der Waals surface area contributed by atoms with Crippen LogP contribution in [0.15, 0.2) is 47.4 Å². The summed E-state index contributed by atoms with van der Waals surface area (Å²) >= 11 is 11.7. The van der Waals surface area contributed by atoms with Crippen molar-refractivity contribution in [2.45, 2.75) is 4.90 Å². The molecule has 0 fully saturated rings. The molecule has 0 saturated heterocycles. The maximum Gasteiger partial charge on any atom is 0.338 e. The van der Waals surface area contributed by atoms with E-state index in [2.05, 4.69) is 10.6 Å². The highest BCUT2D eigenvalue weighted by Gasteiger charge is 2.17. The Balaban J connectivity index is 2.02. The fraction of sp³-hybridized carbons (Fsp3) is 0.111. The predicted octanol–water partition coefficient (Wildman–Crippen LogP) is 2.94. The van der Waals surface area contributed by atoms with Gasteiger partial charge in [-0.05, 0) is 42.5 Å². The minimum absolute atomic E-state index is 0.0571. The molecule has 0 aromatic heterocycles. The number of hydrogen-bond acceptors (Lipinski definition) is 5. The van der Waals surface area contributed by atoms with E-state index in [9.17, 15) is 18.0 Å². The van der Waals surface area contributed by atoms with Gasteiger partial charge in [-0.1, -0.05) is 29.1 Å². The third-order valence-electron chi connectivity index (χ3n) is 3.33. The van der Waals surface area contributed by atoms with Crippen LogP contribution in [0.4, 0.5) is 0 Å². The Morgan fingerprint density at radius 3 is 2.37 bits per heavy atom. The molecule has 0 atom stereocenters. The van der Waals surface area contributed by atoms with Crippen LogP contribution in [0, 0.1) is 12.3 Å². The second-order valence-corrected chi connectivity index (χ2v) is 7.79. The Hall–Kier alpha value is -2.37. The molecule has 0 aliphatic heterocycles. The lowest BCUT2D eigenvalue weighted by Crippen LogP contribution is -2.24. The summed E-state index contributed by atoms with van der Waals surface area (Å²) in [4.78, 5) is 24.1. The molecular weight excluding hydrogens is 413 g/mol. The topological polar surface area (TPSA) is 89.5 Å². The van der Waals surface area contributed by atoms with Crippen molar-refractivity contribution in [1.82, 2.24) is 4.72 Å². The van der Waals surface area contributed by atoms with Crippen LogP contribution in [0.3, 0.4) is 0 Å². The zero-order chi connectivity index (χ0) is 20.0. The first-order valence-corrected chi connectivity index (χ1v) is 9.67. The van der Waals surface area contributed by atoms with Gasteiger partial charge in [0.05, 0.1) is 22.0 Å². The summed E-state index contributed by atoms with van der Waals surface area (Å²) in [5.74, 6) is 0.877. The smallest absolute Gasteiger partial charge is 0.338 e. The molecule has 2 rings (SSSR count). The lowest BCUT2D eigenvalue weighted by molar-refractivity contribution is 0.0474. The molecule has 6 nitrogen and oxygen atoms in total. The third-order valence-corrected chi connectivity index (χ3v) is 5.30. The normalized spacial score (nSPS) is 10.9. The van der Waals surface area contributed by atoms with E-state index in [0.717, 1.165) is 0 Å². The number of ketones is 1. The van der Waals surface area contributed by atoms with E-state index in [-0.39, 0.29) is 27.6 Å². The number of Topliss-reactive ketones (excluding diaryl/α,β-unsaturated/α-hetero) is 1. The van der Waals surface area contributed by atoms with E-state index in [4.69, 9.17) is 34.4 Å². The molecule has 140 valence electrons. The summed E-state index contributed by atoms with van der Waals surface area (Å²) in [5.41, 5.74) is 0.260. The van der Waals surface area contributed by atoms with Crippen molar-refractivity contribution in [3.05, 3.63) is 63.6 Å². The minimum atomic E-state index is -3.76. The van der Waals surface area contributed by atoms with Gasteiger partial charge in [-0.15, -0.1) is 6.42 Å². The monoisotopic (exact) mass is 425 g/mol. The van der Waals surface area contributed by atoms with Crippen molar-refractivity contribution in [3.63, 3.8) is 0 Å². The van der Waals surface area contributed by atoms with Gasteiger partial charge in [-0.3, -0.25) is 4.79 Å². The first-order valence-electron chi connectivity index (χ1n) is 7.43. The van der Waals surface area contributed by atoms with Crippen LogP contribution in [0.2, 0.25) is 10.0 Å². The van der Waals surface area contributed by atoms with E-state index < -0.39 is 28.4 Å². The first kappa shape index (κ1) is 20.9. The van der Waals surface area contributed by atoms with Gasteiger partial charge in [0.2, 0.25) is 15.8 Å². The Morgan fingerprint density at radius 1 is 1.11 bits per heavy atom. The van der Waals surface area contributed by atoms with Gasteiger partial charge in [0.1, 0.15) is 0 Å². The highest BCUT2D eigenvalue weighted by molar-refractivity contribution is 7.89. The molecule has 0 heterocycles. The molecule has 0 spiro atoms. The fourth-order valence-electron chi connectivity index (χ4n) is 2.00. The van der Waals surface area contributed by atoms with Crippen LogP contribution in [-0.2, 0) is 14.8 Å². The summed E-state index contributed by atoms with van der Waals surface area (Å²) in [5, 5.41) is 0.526. The zero-order valence-electron chi connectivity index (χ0n) is 13.7. The Morgan fingerprint density at radius 2 is 1.78 bits per heavy atom. The number of ether oxygens (including phenoxy) is 1. The average molecular weight is 426 g/mol. The SMILES string of the molecule is C#CCNS(=O)(=O)c1ccc(C(=O)OCC(=O)c2ccc(Cl)cc2Cl)cc1. The Bertz CT molecular complexity index is 1010. The number of halogens is 2. The summed E-state index contributed by atoms with van der Waals surface area (Å²) in [6, 6.07) is 9.34. The average Bonchev–Trinajstić information content (AvgIpc) is 2.64. The second-order valence-electron chi connectivity index (χ2n) is 5.18. The molecule has 2 aromatic rings. The highest BCUT2D eigenvalue weighted by atomic mass is 35.5. The lowest BCUT2D eigenvalue weighted by Gasteiger charge is -2.07. The summed E-state index contributed by atoms with van der Waals surface area (Å²) in [6.07, 6.45) is 5.01. The van der Waals surface area contributed by atoms with Gasteiger partial charge in [-0.25, -0.2) is 13.2 Å². The van der Waals surface area contributed by atoms with E-state index in [0.29, 0.717) is 5.02 Å². The van der Waals surface area contributed by atoms with Crippen molar-refractivity contribution in [1.29, 1.82) is 0 Å². The quantitative estimate of drug-likeness (QED) is 0.418. The molecule has 0 bridgehead atoms. The van der Waals surface area contributed by atoms with Gasteiger partial charge in [-0.2, -0.15) is 4.72 Å². The second kappa shape index (κ2) is 9.02. The van der Waals surface area contributed by atoms with Crippen LogP contribution in [0.25, 0.3) is 0 Å². The molecule has 0 aliphatic carbocycles. The van der Waals surface area contributed by atoms with Crippen LogP contribution >= 0.6 is 23.2 Å². The molecule has 0 radical (unpaired) electrons. The molecule has 0 unspecified atom stereocenters. The largest absolute Gasteiger partial charge is 0.454 e.